The average Bonchev–Trinajstić information content (AvgIpc) is 3.41. The van der Waals surface area contributed by atoms with Crippen molar-refractivity contribution >= 4 is 5.97 Å². The quantitative estimate of drug-likeness (QED) is 0.602. The van der Waals surface area contributed by atoms with Gasteiger partial charge in [0.15, 0.2) is 17.1 Å². The van der Waals surface area contributed by atoms with Gasteiger partial charge in [-0.2, -0.15) is 0 Å². The minimum absolute atomic E-state index is 0.0622. The molecular weight excluding hydrogens is 430 g/mol. The van der Waals surface area contributed by atoms with Crippen molar-refractivity contribution in [3.05, 3.63) is 59.7 Å². The molecule has 1 N–H and O–H groups in total. The van der Waals surface area contributed by atoms with Crippen LogP contribution in [0.3, 0.4) is 0 Å². The molecular formula is C28H33NO5. The minimum Gasteiger partial charge on any atom is -0.463 e. The number of likely N-dealkylation sites (tertiary alicyclic amines) is 1. The smallest absolute Gasteiger partial charge is 0.343 e. The second-order valence-corrected chi connectivity index (χ2v) is 10.4. The van der Waals surface area contributed by atoms with Crippen LogP contribution in [0.15, 0.2) is 48.5 Å². The highest BCUT2D eigenvalue weighted by atomic mass is 16.7. The number of piperidine rings is 1. The Morgan fingerprint density at radius 3 is 2.53 bits per heavy atom. The molecule has 0 aromatic heterocycles. The zero-order chi connectivity index (χ0) is 23.1. The van der Waals surface area contributed by atoms with E-state index < -0.39 is 11.6 Å². The van der Waals surface area contributed by atoms with E-state index >= 15 is 0 Å². The zero-order valence-corrected chi connectivity index (χ0v) is 19.5. The summed E-state index contributed by atoms with van der Waals surface area (Å²) in [6.07, 6.45) is 4.84. The van der Waals surface area contributed by atoms with Gasteiger partial charge in [0.2, 0.25) is 6.79 Å². The van der Waals surface area contributed by atoms with E-state index in [0.717, 1.165) is 63.2 Å². The van der Waals surface area contributed by atoms with Gasteiger partial charge in [0.25, 0.3) is 0 Å². The number of hydrogen-bond acceptors (Lipinski definition) is 6. The Kier molecular flexibility index (Phi) is 5.74. The summed E-state index contributed by atoms with van der Waals surface area (Å²) in [7, 11) is 0. The summed E-state index contributed by atoms with van der Waals surface area (Å²) < 4.78 is 16.7. The van der Waals surface area contributed by atoms with Gasteiger partial charge in [-0.15, -0.1) is 0 Å². The van der Waals surface area contributed by atoms with Crippen LogP contribution in [-0.2, 0) is 21.6 Å². The second kappa shape index (κ2) is 8.90. The number of ether oxygens (including phenoxy) is 3. The molecule has 0 spiro atoms. The number of carbonyl (C=O) groups excluding carboxylic acids is 1. The minimum atomic E-state index is -1.53. The van der Waals surface area contributed by atoms with Crippen LogP contribution < -0.4 is 9.47 Å². The molecule has 0 radical (unpaired) electrons. The summed E-state index contributed by atoms with van der Waals surface area (Å²) in [5.41, 5.74) is 0.401. The van der Waals surface area contributed by atoms with Crippen molar-refractivity contribution < 1.29 is 24.1 Å². The number of rotatable bonds is 8. The molecule has 6 rings (SSSR count). The molecule has 3 fully saturated rings. The van der Waals surface area contributed by atoms with Crippen molar-refractivity contribution in [1.82, 2.24) is 4.90 Å². The molecule has 1 saturated heterocycles. The molecule has 3 atom stereocenters. The molecule has 2 heterocycles. The Morgan fingerprint density at radius 1 is 1.03 bits per heavy atom. The van der Waals surface area contributed by atoms with Crippen LogP contribution in [0.25, 0.3) is 0 Å². The predicted octanol–water partition coefficient (Wildman–Crippen LogP) is 3.76. The molecule has 4 aliphatic rings. The summed E-state index contributed by atoms with van der Waals surface area (Å²) in [4.78, 5) is 15.7. The lowest BCUT2D eigenvalue weighted by Crippen LogP contribution is -2.43. The van der Waals surface area contributed by atoms with Crippen molar-refractivity contribution in [3.63, 3.8) is 0 Å². The first-order valence-electron chi connectivity index (χ1n) is 12.7. The van der Waals surface area contributed by atoms with Gasteiger partial charge < -0.3 is 24.2 Å². The van der Waals surface area contributed by atoms with Gasteiger partial charge in [-0.25, -0.2) is 4.79 Å². The van der Waals surface area contributed by atoms with E-state index in [1.54, 1.807) is 0 Å². The van der Waals surface area contributed by atoms with Crippen LogP contribution in [0.2, 0.25) is 0 Å². The van der Waals surface area contributed by atoms with E-state index in [2.05, 4.69) is 17.0 Å². The summed E-state index contributed by atoms with van der Waals surface area (Å²) in [6.45, 7) is 3.87. The SMILES string of the molecule is O=C(OCC1C2CN(CCc3ccc4c(c3)OCO4)CC12)C(O)(c1ccccc1)C1CCCC1. The van der Waals surface area contributed by atoms with Crippen LogP contribution in [0, 0.1) is 23.7 Å². The average molecular weight is 464 g/mol. The lowest BCUT2D eigenvalue weighted by Gasteiger charge is -2.32. The normalized spacial score (nSPS) is 27.4. The largest absolute Gasteiger partial charge is 0.463 e. The fourth-order valence-electron chi connectivity index (χ4n) is 6.39. The molecule has 2 saturated carbocycles. The standard InChI is InChI=1S/C28H33NO5/c30-27(28(31,21-8-4-5-9-21)20-6-2-1-3-7-20)32-17-24-22-15-29(16-23(22)24)13-12-19-10-11-25-26(14-19)34-18-33-25/h1-3,6-7,10-11,14,21-24,31H,4-5,8-9,12-13,15-18H2. The van der Waals surface area contributed by atoms with Gasteiger partial charge in [-0.05, 0) is 54.4 Å². The van der Waals surface area contributed by atoms with Crippen molar-refractivity contribution in [2.45, 2.75) is 37.7 Å². The number of aliphatic hydroxyl groups is 1. The summed E-state index contributed by atoms with van der Waals surface area (Å²) in [5, 5.41) is 11.6. The fraction of sp³-hybridized carbons (Fsp3) is 0.536. The highest BCUT2D eigenvalue weighted by Crippen LogP contribution is 2.52. The first kappa shape index (κ1) is 21.9. The number of benzene rings is 2. The van der Waals surface area contributed by atoms with Gasteiger partial charge in [0.05, 0.1) is 6.61 Å². The Hall–Kier alpha value is -2.57. The first-order chi connectivity index (χ1) is 16.6. The molecule has 2 aromatic carbocycles. The van der Waals surface area contributed by atoms with E-state index in [0.29, 0.717) is 36.7 Å². The van der Waals surface area contributed by atoms with E-state index in [4.69, 9.17) is 14.2 Å². The summed E-state index contributed by atoms with van der Waals surface area (Å²) in [5.74, 6) is 2.77. The lowest BCUT2D eigenvalue weighted by molar-refractivity contribution is -0.174. The highest BCUT2D eigenvalue weighted by molar-refractivity contribution is 5.81. The Balaban J connectivity index is 1.00. The Labute approximate surface area is 200 Å². The molecule has 180 valence electrons. The fourth-order valence-corrected chi connectivity index (χ4v) is 6.39. The number of nitrogens with zero attached hydrogens (tertiary/aromatic N) is 1. The molecule has 3 unspecified atom stereocenters. The van der Waals surface area contributed by atoms with Gasteiger partial charge in [0, 0.05) is 31.5 Å². The van der Waals surface area contributed by atoms with Gasteiger partial charge in [0.1, 0.15) is 0 Å². The van der Waals surface area contributed by atoms with Crippen LogP contribution in [0.4, 0.5) is 0 Å². The van der Waals surface area contributed by atoms with Gasteiger partial charge in [-0.1, -0.05) is 49.2 Å². The highest BCUT2D eigenvalue weighted by Gasteiger charge is 2.56. The maximum absolute atomic E-state index is 13.2. The molecule has 0 bridgehead atoms. The Morgan fingerprint density at radius 2 is 1.76 bits per heavy atom. The summed E-state index contributed by atoms with van der Waals surface area (Å²) >= 11 is 0. The van der Waals surface area contributed by atoms with E-state index in [1.165, 1.54) is 5.56 Å². The predicted molar refractivity (Wildman–Crippen MR) is 126 cm³/mol. The third-order valence-corrected chi connectivity index (χ3v) is 8.48. The lowest BCUT2D eigenvalue weighted by atomic mass is 9.80. The van der Waals surface area contributed by atoms with E-state index in [1.807, 2.05) is 36.4 Å². The molecule has 2 aliphatic heterocycles. The van der Waals surface area contributed by atoms with Gasteiger partial charge >= 0.3 is 5.97 Å². The van der Waals surface area contributed by atoms with Crippen molar-refractivity contribution in [2.75, 3.05) is 33.0 Å². The number of hydrogen-bond donors (Lipinski definition) is 1. The number of esters is 1. The third-order valence-electron chi connectivity index (χ3n) is 8.48. The van der Waals surface area contributed by atoms with Crippen molar-refractivity contribution in [1.29, 1.82) is 0 Å². The number of carbonyl (C=O) groups is 1. The maximum atomic E-state index is 13.2. The van der Waals surface area contributed by atoms with Crippen LogP contribution >= 0.6 is 0 Å². The van der Waals surface area contributed by atoms with Crippen LogP contribution in [0.1, 0.15) is 36.8 Å². The maximum Gasteiger partial charge on any atom is 0.343 e. The van der Waals surface area contributed by atoms with E-state index in [-0.39, 0.29) is 5.92 Å². The summed E-state index contributed by atoms with van der Waals surface area (Å²) in [6, 6.07) is 15.6. The van der Waals surface area contributed by atoms with E-state index in [9.17, 15) is 9.90 Å². The van der Waals surface area contributed by atoms with Crippen molar-refractivity contribution in [2.24, 2.45) is 23.7 Å². The molecule has 34 heavy (non-hydrogen) atoms. The molecule has 6 nitrogen and oxygen atoms in total. The molecule has 6 heteroatoms. The molecule has 2 aliphatic carbocycles. The topological polar surface area (TPSA) is 68.2 Å². The number of fused-ring (bicyclic) bond motifs is 2. The van der Waals surface area contributed by atoms with Crippen LogP contribution in [0.5, 0.6) is 11.5 Å². The third kappa shape index (κ3) is 3.97. The first-order valence-corrected chi connectivity index (χ1v) is 12.7. The van der Waals surface area contributed by atoms with Crippen molar-refractivity contribution in [3.8, 4) is 11.5 Å². The zero-order valence-electron chi connectivity index (χ0n) is 19.5. The second-order valence-electron chi connectivity index (χ2n) is 10.4. The molecule has 0 amide bonds. The Bertz CT molecular complexity index is 1020. The molecule has 2 aromatic rings. The van der Waals surface area contributed by atoms with Crippen LogP contribution in [-0.4, -0.2) is 49.0 Å². The van der Waals surface area contributed by atoms with Gasteiger partial charge in [-0.3, -0.25) is 0 Å². The monoisotopic (exact) mass is 463 g/mol.